The average Bonchev–Trinajstić information content (AvgIpc) is 3.31. The van der Waals surface area contributed by atoms with Crippen molar-refractivity contribution in [3.05, 3.63) is 58.8 Å². The maximum absolute atomic E-state index is 12.4. The highest BCUT2D eigenvalue weighted by atomic mass is 35.5. The van der Waals surface area contributed by atoms with Gasteiger partial charge in [-0.25, -0.2) is 9.97 Å². The fourth-order valence-corrected chi connectivity index (χ4v) is 3.88. The zero-order chi connectivity index (χ0) is 20.4. The Bertz CT molecular complexity index is 1170. The van der Waals surface area contributed by atoms with E-state index >= 15 is 0 Å². The summed E-state index contributed by atoms with van der Waals surface area (Å²) in [6, 6.07) is 8.99. The fraction of sp³-hybridized carbons (Fsp3) is 0.150. The zero-order valence-corrected chi connectivity index (χ0v) is 17.3. The van der Waals surface area contributed by atoms with E-state index in [2.05, 4.69) is 15.3 Å². The summed E-state index contributed by atoms with van der Waals surface area (Å²) in [5.74, 6) is 1.59. The van der Waals surface area contributed by atoms with Crippen LogP contribution in [0.2, 0.25) is 5.02 Å². The Morgan fingerprint density at radius 3 is 2.76 bits per heavy atom. The molecule has 29 heavy (non-hydrogen) atoms. The van der Waals surface area contributed by atoms with Gasteiger partial charge in [0.15, 0.2) is 16.5 Å². The van der Waals surface area contributed by atoms with E-state index in [0.29, 0.717) is 22.3 Å². The Kier molecular flexibility index (Phi) is 5.37. The van der Waals surface area contributed by atoms with E-state index in [0.717, 1.165) is 21.9 Å². The maximum atomic E-state index is 12.4. The molecule has 148 valence electrons. The number of benzene rings is 1. The number of carbonyl (C=O) groups excluding carboxylic acids is 1. The lowest BCUT2D eigenvalue weighted by atomic mass is 10.1. The van der Waals surface area contributed by atoms with Crippen LogP contribution in [-0.4, -0.2) is 34.5 Å². The van der Waals surface area contributed by atoms with Crippen molar-refractivity contribution in [2.45, 2.75) is 6.42 Å². The molecule has 0 atom stereocenters. The first-order chi connectivity index (χ1) is 14.1. The second-order valence-corrected chi connectivity index (χ2v) is 7.44. The number of ether oxygens (including phenoxy) is 2. The van der Waals surface area contributed by atoms with Crippen molar-refractivity contribution >= 4 is 39.6 Å². The number of anilines is 1. The van der Waals surface area contributed by atoms with Gasteiger partial charge in [-0.15, -0.1) is 11.3 Å². The summed E-state index contributed by atoms with van der Waals surface area (Å²) in [6.45, 7) is 0. The first-order valence-electron chi connectivity index (χ1n) is 8.66. The second kappa shape index (κ2) is 8.10. The van der Waals surface area contributed by atoms with Crippen molar-refractivity contribution < 1.29 is 14.3 Å². The Morgan fingerprint density at radius 2 is 2.03 bits per heavy atom. The first kappa shape index (κ1) is 19.2. The van der Waals surface area contributed by atoms with E-state index in [1.54, 1.807) is 26.4 Å². The van der Waals surface area contributed by atoms with Gasteiger partial charge in [-0.05, 0) is 30.3 Å². The molecule has 1 amide bonds. The van der Waals surface area contributed by atoms with Crippen LogP contribution in [0.15, 0.2) is 48.1 Å². The standard InChI is InChI=1S/C20H17ClN4O3S/c1-27-16-5-3-12(7-17(16)28-2)15-10-25-14(11-29-20(25)23-15)8-19(26)24-18-6-4-13(21)9-22-18/h3-7,9-11H,8H2,1-2H3,(H,22,24,26). The summed E-state index contributed by atoms with van der Waals surface area (Å²) in [5.41, 5.74) is 2.54. The van der Waals surface area contributed by atoms with Gasteiger partial charge in [0.05, 0.1) is 31.4 Å². The van der Waals surface area contributed by atoms with Crippen LogP contribution in [0.1, 0.15) is 5.69 Å². The second-order valence-electron chi connectivity index (χ2n) is 6.16. The quantitative estimate of drug-likeness (QED) is 0.495. The predicted octanol–water partition coefficient (Wildman–Crippen LogP) is 4.31. The molecule has 4 aromatic rings. The van der Waals surface area contributed by atoms with Gasteiger partial charge in [0.25, 0.3) is 0 Å². The summed E-state index contributed by atoms with van der Waals surface area (Å²) in [7, 11) is 3.20. The summed E-state index contributed by atoms with van der Waals surface area (Å²) < 4.78 is 12.6. The molecular weight excluding hydrogens is 412 g/mol. The minimum atomic E-state index is -0.166. The molecule has 0 unspecified atom stereocenters. The van der Waals surface area contributed by atoms with Gasteiger partial charge >= 0.3 is 0 Å². The molecule has 0 bridgehead atoms. The largest absolute Gasteiger partial charge is 0.493 e. The summed E-state index contributed by atoms with van der Waals surface area (Å²) >= 11 is 7.30. The average molecular weight is 429 g/mol. The number of amides is 1. The van der Waals surface area contributed by atoms with Gasteiger partial charge < -0.3 is 14.8 Å². The number of hydrogen-bond donors (Lipinski definition) is 1. The van der Waals surface area contributed by atoms with Crippen molar-refractivity contribution in [1.82, 2.24) is 14.4 Å². The molecular formula is C20H17ClN4O3S. The van der Waals surface area contributed by atoms with Gasteiger partial charge in [-0.1, -0.05) is 11.6 Å². The van der Waals surface area contributed by atoms with Gasteiger partial charge in [0, 0.05) is 29.0 Å². The van der Waals surface area contributed by atoms with Crippen LogP contribution in [0.3, 0.4) is 0 Å². The molecule has 0 spiro atoms. The molecule has 0 aliphatic carbocycles. The summed E-state index contributed by atoms with van der Waals surface area (Å²) in [6.07, 6.45) is 3.60. The molecule has 0 radical (unpaired) electrons. The summed E-state index contributed by atoms with van der Waals surface area (Å²) in [5, 5.41) is 5.21. The number of carbonyl (C=O) groups is 1. The van der Waals surface area contributed by atoms with E-state index in [-0.39, 0.29) is 12.3 Å². The van der Waals surface area contributed by atoms with Crippen LogP contribution in [0.5, 0.6) is 11.5 Å². The number of halogens is 1. The third-order valence-electron chi connectivity index (χ3n) is 4.30. The minimum Gasteiger partial charge on any atom is -0.493 e. The molecule has 1 N–H and O–H groups in total. The maximum Gasteiger partial charge on any atom is 0.231 e. The number of thiazole rings is 1. The van der Waals surface area contributed by atoms with E-state index < -0.39 is 0 Å². The number of aromatic nitrogens is 3. The molecule has 0 saturated heterocycles. The Balaban J connectivity index is 1.56. The Hall–Kier alpha value is -3.10. The topological polar surface area (TPSA) is 77.8 Å². The third kappa shape index (κ3) is 4.03. The lowest BCUT2D eigenvalue weighted by molar-refractivity contribution is -0.115. The molecule has 0 aliphatic heterocycles. The number of methoxy groups -OCH3 is 2. The zero-order valence-electron chi connectivity index (χ0n) is 15.7. The Labute approximate surface area is 175 Å². The number of nitrogens with zero attached hydrogens (tertiary/aromatic N) is 3. The van der Waals surface area contributed by atoms with E-state index in [9.17, 15) is 4.79 Å². The van der Waals surface area contributed by atoms with Crippen LogP contribution in [0.4, 0.5) is 5.82 Å². The van der Waals surface area contributed by atoms with E-state index in [1.165, 1.54) is 17.5 Å². The molecule has 4 rings (SSSR count). The highest BCUT2D eigenvalue weighted by Gasteiger charge is 2.14. The molecule has 1 aromatic carbocycles. The van der Waals surface area contributed by atoms with Crippen molar-refractivity contribution in [3.63, 3.8) is 0 Å². The van der Waals surface area contributed by atoms with Gasteiger partial charge in [-0.3, -0.25) is 9.20 Å². The van der Waals surface area contributed by atoms with E-state index in [1.807, 2.05) is 34.2 Å². The number of rotatable bonds is 6. The highest BCUT2D eigenvalue weighted by Crippen LogP contribution is 2.32. The molecule has 0 aliphatic rings. The lowest BCUT2D eigenvalue weighted by Gasteiger charge is -2.08. The lowest BCUT2D eigenvalue weighted by Crippen LogP contribution is -2.16. The number of imidazole rings is 1. The minimum absolute atomic E-state index is 0.166. The van der Waals surface area contributed by atoms with Crippen LogP contribution >= 0.6 is 22.9 Å². The summed E-state index contributed by atoms with van der Waals surface area (Å²) in [4.78, 5) is 21.9. The van der Waals surface area contributed by atoms with Crippen LogP contribution in [0.25, 0.3) is 16.2 Å². The molecule has 0 saturated carbocycles. The van der Waals surface area contributed by atoms with Crippen molar-refractivity contribution in [3.8, 4) is 22.8 Å². The van der Waals surface area contributed by atoms with Crippen LogP contribution < -0.4 is 14.8 Å². The van der Waals surface area contributed by atoms with Crippen LogP contribution in [-0.2, 0) is 11.2 Å². The predicted molar refractivity (Wildman–Crippen MR) is 113 cm³/mol. The molecule has 3 heterocycles. The number of fused-ring (bicyclic) bond motifs is 1. The Morgan fingerprint density at radius 1 is 1.21 bits per heavy atom. The molecule has 0 fully saturated rings. The normalized spacial score (nSPS) is 10.9. The van der Waals surface area contributed by atoms with Crippen molar-refractivity contribution in [2.75, 3.05) is 19.5 Å². The monoisotopic (exact) mass is 428 g/mol. The smallest absolute Gasteiger partial charge is 0.231 e. The van der Waals surface area contributed by atoms with Gasteiger partial charge in [0.1, 0.15) is 5.82 Å². The van der Waals surface area contributed by atoms with Crippen LogP contribution in [0, 0.1) is 0 Å². The molecule has 7 nitrogen and oxygen atoms in total. The SMILES string of the molecule is COc1ccc(-c2cn3c(CC(=O)Nc4ccc(Cl)cn4)csc3n2)cc1OC. The third-order valence-corrected chi connectivity index (χ3v) is 5.41. The fourth-order valence-electron chi connectivity index (χ4n) is 2.89. The van der Waals surface area contributed by atoms with E-state index in [4.69, 9.17) is 21.1 Å². The first-order valence-corrected chi connectivity index (χ1v) is 9.92. The highest BCUT2D eigenvalue weighted by molar-refractivity contribution is 7.15. The molecule has 3 aromatic heterocycles. The van der Waals surface area contributed by atoms with Gasteiger partial charge in [-0.2, -0.15) is 0 Å². The van der Waals surface area contributed by atoms with Gasteiger partial charge in [0.2, 0.25) is 5.91 Å². The molecule has 9 heteroatoms. The number of hydrogen-bond acceptors (Lipinski definition) is 6. The van der Waals surface area contributed by atoms with Crippen molar-refractivity contribution in [1.29, 1.82) is 0 Å². The number of pyridine rings is 1. The number of nitrogens with one attached hydrogen (secondary N) is 1. The van der Waals surface area contributed by atoms with Crippen molar-refractivity contribution in [2.24, 2.45) is 0 Å².